The Morgan fingerprint density at radius 1 is 1.64 bits per heavy atom. The second-order valence-corrected chi connectivity index (χ2v) is 2.41. The number of aliphatic hydroxyl groups excluding tert-OH is 1. The number of aryl methyl sites for hydroxylation is 1. The van der Waals surface area contributed by atoms with E-state index in [9.17, 15) is 0 Å². The number of nitrogens with two attached hydrogens (primary N) is 1. The second-order valence-electron chi connectivity index (χ2n) is 2.41. The minimum absolute atomic E-state index is 0.211. The monoisotopic (exact) mass is 155 g/mol. The maximum absolute atomic E-state index is 8.56. The summed E-state index contributed by atoms with van der Waals surface area (Å²) in [6, 6.07) is 0. The molecule has 0 aliphatic carbocycles. The molecule has 62 valence electrons. The van der Waals surface area contributed by atoms with Gasteiger partial charge in [-0.15, -0.1) is 0 Å². The molecular formula is C7H13N3O. The number of aromatic nitrogens is 2. The van der Waals surface area contributed by atoms with E-state index in [0.717, 1.165) is 24.1 Å². The Bertz CT molecular complexity index is 209. The van der Waals surface area contributed by atoms with Crippen LogP contribution in [0.25, 0.3) is 0 Å². The first-order chi connectivity index (χ1) is 5.38. The van der Waals surface area contributed by atoms with Crippen LogP contribution in [0.5, 0.6) is 0 Å². The fraction of sp³-hybridized carbons (Fsp3) is 0.571. The first kappa shape index (κ1) is 8.23. The van der Waals surface area contributed by atoms with Crippen molar-refractivity contribution in [3.63, 3.8) is 0 Å². The van der Waals surface area contributed by atoms with E-state index < -0.39 is 0 Å². The van der Waals surface area contributed by atoms with E-state index in [1.54, 1.807) is 6.20 Å². The Morgan fingerprint density at radius 2 is 2.45 bits per heavy atom. The quantitative estimate of drug-likeness (QED) is 0.563. The summed E-state index contributed by atoms with van der Waals surface area (Å²) in [5.41, 5.74) is 7.53. The molecule has 0 aliphatic heterocycles. The third-order valence-corrected chi connectivity index (χ3v) is 1.61. The zero-order chi connectivity index (χ0) is 8.10. The molecule has 0 saturated carbocycles. The highest BCUT2D eigenvalue weighted by atomic mass is 16.2. The van der Waals surface area contributed by atoms with Crippen LogP contribution in [0.3, 0.4) is 0 Å². The molecule has 4 heteroatoms. The van der Waals surface area contributed by atoms with Gasteiger partial charge in [0.05, 0.1) is 6.20 Å². The topological polar surface area (TPSA) is 74.9 Å². The Hall–Kier alpha value is -0.870. The molecule has 0 aliphatic rings. The Balaban J connectivity index is 2.54. The zero-order valence-electron chi connectivity index (χ0n) is 6.38. The van der Waals surface area contributed by atoms with Crippen LogP contribution in [0.4, 0.5) is 0 Å². The fourth-order valence-electron chi connectivity index (χ4n) is 0.986. The molecule has 0 aromatic carbocycles. The molecule has 0 saturated heterocycles. The van der Waals surface area contributed by atoms with E-state index in [2.05, 4.69) is 10.2 Å². The summed E-state index contributed by atoms with van der Waals surface area (Å²) in [4.78, 5) is 0. The molecule has 11 heavy (non-hydrogen) atoms. The SMILES string of the molecule is NCc1cn[nH]c1CCCO. The number of rotatable bonds is 4. The van der Waals surface area contributed by atoms with Crippen LogP contribution in [0, 0.1) is 0 Å². The molecule has 0 unspecified atom stereocenters. The van der Waals surface area contributed by atoms with Crippen LogP contribution in [-0.2, 0) is 13.0 Å². The minimum Gasteiger partial charge on any atom is -0.396 e. The van der Waals surface area contributed by atoms with Crippen molar-refractivity contribution < 1.29 is 5.11 Å². The smallest absolute Gasteiger partial charge is 0.0535 e. The van der Waals surface area contributed by atoms with Gasteiger partial charge < -0.3 is 10.8 Å². The van der Waals surface area contributed by atoms with Gasteiger partial charge in [0.2, 0.25) is 0 Å². The van der Waals surface area contributed by atoms with Gasteiger partial charge in [-0.2, -0.15) is 5.10 Å². The highest BCUT2D eigenvalue weighted by Gasteiger charge is 2.01. The van der Waals surface area contributed by atoms with Crippen molar-refractivity contribution in [1.82, 2.24) is 10.2 Å². The Kier molecular flexibility index (Phi) is 3.07. The van der Waals surface area contributed by atoms with E-state index >= 15 is 0 Å². The molecule has 1 aromatic rings. The largest absolute Gasteiger partial charge is 0.396 e. The molecule has 0 bridgehead atoms. The predicted molar refractivity (Wildman–Crippen MR) is 41.9 cm³/mol. The highest BCUT2D eigenvalue weighted by Crippen LogP contribution is 2.05. The summed E-state index contributed by atoms with van der Waals surface area (Å²) in [6.07, 6.45) is 3.31. The first-order valence-electron chi connectivity index (χ1n) is 3.70. The van der Waals surface area contributed by atoms with E-state index in [-0.39, 0.29) is 6.61 Å². The molecule has 1 rings (SSSR count). The van der Waals surface area contributed by atoms with Crippen LogP contribution >= 0.6 is 0 Å². The Morgan fingerprint density at radius 3 is 3.09 bits per heavy atom. The van der Waals surface area contributed by atoms with Crippen LogP contribution in [0.2, 0.25) is 0 Å². The van der Waals surface area contributed by atoms with Gasteiger partial charge in [0.25, 0.3) is 0 Å². The summed E-state index contributed by atoms with van der Waals surface area (Å²) in [5.74, 6) is 0. The lowest BCUT2D eigenvalue weighted by molar-refractivity contribution is 0.288. The van der Waals surface area contributed by atoms with Gasteiger partial charge in [-0.25, -0.2) is 0 Å². The molecule has 4 N–H and O–H groups in total. The van der Waals surface area contributed by atoms with Crippen molar-refractivity contribution in [3.8, 4) is 0 Å². The van der Waals surface area contributed by atoms with Crippen molar-refractivity contribution in [2.75, 3.05) is 6.61 Å². The van der Waals surface area contributed by atoms with Gasteiger partial charge in [0.1, 0.15) is 0 Å². The molecule has 0 spiro atoms. The molecule has 0 atom stereocenters. The van der Waals surface area contributed by atoms with Crippen molar-refractivity contribution in [1.29, 1.82) is 0 Å². The van der Waals surface area contributed by atoms with Gasteiger partial charge >= 0.3 is 0 Å². The first-order valence-corrected chi connectivity index (χ1v) is 3.70. The predicted octanol–water partition coefficient (Wildman–Crippen LogP) is -0.207. The summed E-state index contributed by atoms with van der Waals surface area (Å²) in [5, 5.41) is 15.3. The van der Waals surface area contributed by atoms with E-state index in [1.165, 1.54) is 0 Å². The van der Waals surface area contributed by atoms with E-state index in [4.69, 9.17) is 10.8 Å². The van der Waals surface area contributed by atoms with Crippen molar-refractivity contribution in [2.45, 2.75) is 19.4 Å². The van der Waals surface area contributed by atoms with E-state index in [0.29, 0.717) is 6.54 Å². The molecule has 0 amide bonds. The lowest BCUT2D eigenvalue weighted by Crippen LogP contribution is -2.00. The highest BCUT2D eigenvalue weighted by molar-refractivity contribution is 5.15. The molecular weight excluding hydrogens is 142 g/mol. The third-order valence-electron chi connectivity index (χ3n) is 1.61. The fourth-order valence-corrected chi connectivity index (χ4v) is 0.986. The second kappa shape index (κ2) is 4.10. The summed E-state index contributed by atoms with van der Waals surface area (Å²) in [7, 11) is 0. The molecule has 1 aromatic heterocycles. The van der Waals surface area contributed by atoms with Crippen LogP contribution in [-0.4, -0.2) is 21.9 Å². The zero-order valence-corrected chi connectivity index (χ0v) is 6.38. The number of aromatic amines is 1. The number of aliphatic hydroxyl groups is 1. The molecule has 0 fully saturated rings. The van der Waals surface area contributed by atoms with E-state index in [1.807, 2.05) is 0 Å². The van der Waals surface area contributed by atoms with Gasteiger partial charge in [0.15, 0.2) is 0 Å². The number of hydrogen-bond donors (Lipinski definition) is 3. The molecule has 1 heterocycles. The number of nitrogens with one attached hydrogen (secondary N) is 1. The lowest BCUT2D eigenvalue weighted by Gasteiger charge is -1.97. The normalized spacial score (nSPS) is 10.4. The third kappa shape index (κ3) is 2.03. The maximum Gasteiger partial charge on any atom is 0.0535 e. The van der Waals surface area contributed by atoms with Crippen LogP contribution in [0.1, 0.15) is 17.7 Å². The van der Waals surface area contributed by atoms with Gasteiger partial charge in [-0.1, -0.05) is 0 Å². The van der Waals surface area contributed by atoms with Crippen molar-refractivity contribution >= 4 is 0 Å². The minimum atomic E-state index is 0.211. The Labute approximate surface area is 65.4 Å². The maximum atomic E-state index is 8.56. The summed E-state index contributed by atoms with van der Waals surface area (Å²) >= 11 is 0. The molecule has 0 radical (unpaired) electrons. The summed E-state index contributed by atoms with van der Waals surface area (Å²) < 4.78 is 0. The van der Waals surface area contributed by atoms with Gasteiger partial charge in [-0.3, -0.25) is 5.10 Å². The number of nitrogens with zero attached hydrogens (tertiary/aromatic N) is 1. The van der Waals surface area contributed by atoms with Crippen LogP contribution in [0.15, 0.2) is 6.20 Å². The summed E-state index contributed by atoms with van der Waals surface area (Å²) in [6.45, 7) is 0.723. The van der Waals surface area contributed by atoms with Crippen molar-refractivity contribution in [3.05, 3.63) is 17.5 Å². The standard InChI is InChI=1S/C7H13N3O/c8-4-6-5-9-10-7(6)2-1-3-11/h5,11H,1-4,8H2,(H,9,10). The van der Waals surface area contributed by atoms with Gasteiger partial charge in [-0.05, 0) is 12.8 Å². The van der Waals surface area contributed by atoms with Crippen LogP contribution < -0.4 is 5.73 Å². The molecule has 4 nitrogen and oxygen atoms in total. The lowest BCUT2D eigenvalue weighted by atomic mass is 10.1. The number of H-pyrrole nitrogens is 1. The average Bonchev–Trinajstić information content (AvgIpc) is 2.47. The van der Waals surface area contributed by atoms with Gasteiger partial charge in [0, 0.05) is 24.4 Å². The number of hydrogen-bond acceptors (Lipinski definition) is 3. The van der Waals surface area contributed by atoms with Crippen molar-refractivity contribution in [2.24, 2.45) is 5.73 Å². The average molecular weight is 155 g/mol.